The molecule has 1 saturated carbocycles. The minimum Gasteiger partial charge on any atom is -0.383 e. The first kappa shape index (κ1) is 13.5. The topological polar surface area (TPSA) is 55.6 Å². The summed E-state index contributed by atoms with van der Waals surface area (Å²) in [6.45, 7) is 3.41. The van der Waals surface area contributed by atoms with Gasteiger partial charge in [-0.3, -0.25) is 4.79 Å². The van der Waals surface area contributed by atoms with E-state index in [0.29, 0.717) is 25.6 Å². The lowest BCUT2D eigenvalue weighted by Gasteiger charge is -2.23. The molecule has 94 valence electrons. The summed E-state index contributed by atoms with van der Waals surface area (Å²) in [6, 6.07) is 0.470. The minimum absolute atomic E-state index is 0.0151. The van der Waals surface area contributed by atoms with Crippen LogP contribution in [0.15, 0.2) is 0 Å². The zero-order valence-electron chi connectivity index (χ0n) is 10.4. The smallest absolute Gasteiger partial charge is 0.224 e. The molecule has 0 spiro atoms. The fourth-order valence-electron chi connectivity index (χ4n) is 1.90. The van der Waals surface area contributed by atoms with Crippen molar-refractivity contribution in [3.63, 3.8) is 0 Å². The lowest BCUT2D eigenvalue weighted by Crippen LogP contribution is -2.39. The Hall–Kier alpha value is -0.610. The van der Waals surface area contributed by atoms with Gasteiger partial charge in [0.2, 0.25) is 5.91 Å². The van der Waals surface area contributed by atoms with E-state index in [0.717, 1.165) is 25.7 Å². The molecule has 1 fully saturated rings. The molecule has 1 aliphatic carbocycles. The number of nitrogens with two attached hydrogens (primary N) is 1. The molecule has 1 atom stereocenters. The summed E-state index contributed by atoms with van der Waals surface area (Å²) >= 11 is 0. The third-order valence-electron chi connectivity index (χ3n) is 2.94. The molecule has 0 aromatic rings. The molecule has 2 N–H and O–H groups in total. The van der Waals surface area contributed by atoms with Gasteiger partial charge in [0.25, 0.3) is 0 Å². The van der Waals surface area contributed by atoms with Crippen LogP contribution in [0.3, 0.4) is 0 Å². The van der Waals surface area contributed by atoms with Crippen molar-refractivity contribution in [2.24, 2.45) is 5.73 Å². The van der Waals surface area contributed by atoms with E-state index in [2.05, 4.69) is 6.92 Å². The second kappa shape index (κ2) is 6.86. The molecule has 0 heterocycles. The van der Waals surface area contributed by atoms with Gasteiger partial charge in [-0.2, -0.15) is 0 Å². The number of ether oxygens (including phenoxy) is 1. The van der Waals surface area contributed by atoms with E-state index < -0.39 is 0 Å². The van der Waals surface area contributed by atoms with E-state index in [1.165, 1.54) is 0 Å². The fraction of sp³-hybridized carbons (Fsp3) is 0.917. The summed E-state index contributed by atoms with van der Waals surface area (Å²) in [5.41, 5.74) is 5.89. The van der Waals surface area contributed by atoms with Crippen molar-refractivity contribution < 1.29 is 9.53 Å². The molecule has 4 heteroatoms. The van der Waals surface area contributed by atoms with Crippen LogP contribution < -0.4 is 5.73 Å². The van der Waals surface area contributed by atoms with Gasteiger partial charge in [-0.1, -0.05) is 13.3 Å². The molecule has 0 bridgehead atoms. The first-order chi connectivity index (χ1) is 7.69. The number of hydrogen-bond donors (Lipinski definition) is 1. The summed E-state index contributed by atoms with van der Waals surface area (Å²) in [4.78, 5) is 13.9. The molecule has 0 aliphatic heterocycles. The second-order valence-electron chi connectivity index (χ2n) is 4.56. The zero-order chi connectivity index (χ0) is 12.0. The lowest BCUT2D eigenvalue weighted by atomic mass is 10.1. The van der Waals surface area contributed by atoms with E-state index in [-0.39, 0.29) is 11.9 Å². The van der Waals surface area contributed by atoms with E-state index in [9.17, 15) is 4.79 Å². The predicted octanol–water partition coefficient (Wildman–Crippen LogP) is 1.14. The average Bonchev–Trinajstić information content (AvgIpc) is 3.02. The molecule has 0 aromatic carbocycles. The van der Waals surface area contributed by atoms with Crippen molar-refractivity contribution in [1.82, 2.24) is 4.90 Å². The number of methoxy groups -OCH3 is 1. The van der Waals surface area contributed by atoms with E-state index in [4.69, 9.17) is 10.5 Å². The van der Waals surface area contributed by atoms with Gasteiger partial charge in [-0.05, 0) is 19.3 Å². The van der Waals surface area contributed by atoms with Gasteiger partial charge in [-0.15, -0.1) is 0 Å². The first-order valence-electron chi connectivity index (χ1n) is 6.23. The van der Waals surface area contributed by atoms with Crippen molar-refractivity contribution >= 4 is 5.91 Å². The molecule has 16 heavy (non-hydrogen) atoms. The van der Waals surface area contributed by atoms with Crippen molar-refractivity contribution in [2.45, 2.75) is 51.1 Å². The molecule has 1 unspecified atom stereocenters. The zero-order valence-corrected chi connectivity index (χ0v) is 10.4. The maximum Gasteiger partial charge on any atom is 0.224 e. The quantitative estimate of drug-likeness (QED) is 0.678. The lowest BCUT2D eigenvalue weighted by molar-refractivity contribution is -0.132. The van der Waals surface area contributed by atoms with Gasteiger partial charge in [0.05, 0.1) is 6.61 Å². The van der Waals surface area contributed by atoms with Gasteiger partial charge in [0.15, 0.2) is 0 Å². The van der Waals surface area contributed by atoms with E-state index >= 15 is 0 Å². The minimum atomic E-state index is 0.0151. The van der Waals surface area contributed by atoms with Gasteiger partial charge in [-0.25, -0.2) is 0 Å². The third-order valence-corrected chi connectivity index (χ3v) is 2.94. The summed E-state index contributed by atoms with van der Waals surface area (Å²) in [5, 5.41) is 0. The Kier molecular flexibility index (Phi) is 5.77. The average molecular weight is 228 g/mol. The molecule has 0 aromatic heterocycles. The SMILES string of the molecule is CCCC(N)CC(=O)N(CCOC)C1CC1. The maximum atomic E-state index is 12.0. The number of rotatable bonds is 8. The monoisotopic (exact) mass is 228 g/mol. The maximum absolute atomic E-state index is 12.0. The van der Waals surface area contributed by atoms with Crippen LogP contribution in [0, 0.1) is 0 Å². The summed E-state index contributed by atoms with van der Waals surface area (Å²) in [5.74, 6) is 0.195. The molecule has 0 radical (unpaired) electrons. The highest BCUT2D eigenvalue weighted by atomic mass is 16.5. The van der Waals surface area contributed by atoms with Crippen LogP contribution in [-0.2, 0) is 9.53 Å². The number of hydrogen-bond acceptors (Lipinski definition) is 3. The van der Waals surface area contributed by atoms with Gasteiger partial charge in [0, 0.05) is 32.2 Å². The Morgan fingerprint density at radius 3 is 2.75 bits per heavy atom. The van der Waals surface area contributed by atoms with E-state index in [1.807, 2.05) is 4.90 Å². The summed E-state index contributed by atoms with van der Waals surface area (Å²) in [6.07, 6.45) is 4.72. The Morgan fingerprint density at radius 1 is 1.56 bits per heavy atom. The van der Waals surface area contributed by atoms with Crippen LogP contribution >= 0.6 is 0 Å². The molecular weight excluding hydrogens is 204 g/mol. The molecule has 4 nitrogen and oxygen atoms in total. The molecule has 1 rings (SSSR count). The molecule has 1 amide bonds. The Morgan fingerprint density at radius 2 is 2.25 bits per heavy atom. The summed E-state index contributed by atoms with van der Waals surface area (Å²) in [7, 11) is 1.67. The Balaban J connectivity index is 2.34. The van der Waals surface area contributed by atoms with Crippen molar-refractivity contribution in [1.29, 1.82) is 0 Å². The fourth-order valence-corrected chi connectivity index (χ4v) is 1.90. The normalized spacial score (nSPS) is 17.2. The van der Waals surface area contributed by atoms with Crippen molar-refractivity contribution in [3.8, 4) is 0 Å². The predicted molar refractivity (Wildman–Crippen MR) is 64.1 cm³/mol. The van der Waals surface area contributed by atoms with Crippen LogP contribution in [0.1, 0.15) is 39.0 Å². The van der Waals surface area contributed by atoms with Crippen LogP contribution in [0.5, 0.6) is 0 Å². The highest BCUT2D eigenvalue weighted by molar-refractivity contribution is 5.77. The van der Waals surface area contributed by atoms with Crippen molar-refractivity contribution in [2.75, 3.05) is 20.3 Å². The summed E-state index contributed by atoms with van der Waals surface area (Å²) < 4.78 is 5.03. The third kappa shape index (κ3) is 4.49. The van der Waals surface area contributed by atoms with Crippen LogP contribution in [0.2, 0.25) is 0 Å². The Bertz CT molecular complexity index is 217. The van der Waals surface area contributed by atoms with E-state index in [1.54, 1.807) is 7.11 Å². The largest absolute Gasteiger partial charge is 0.383 e. The number of carbonyl (C=O) groups excluding carboxylic acids is 1. The van der Waals surface area contributed by atoms with Crippen LogP contribution in [-0.4, -0.2) is 43.2 Å². The van der Waals surface area contributed by atoms with Gasteiger partial charge < -0.3 is 15.4 Å². The van der Waals surface area contributed by atoms with Gasteiger partial charge in [0.1, 0.15) is 0 Å². The van der Waals surface area contributed by atoms with Crippen LogP contribution in [0.25, 0.3) is 0 Å². The van der Waals surface area contributed by atoms with Crippen LogP contribution in [0.4, 0.5) is 0 Å². The van der Waals surface area contributed by atoms with Gasteiger partial charge >= 0.3 is 0 Å². The second-order valence-corrected chi connectivity index (χ2v) is 4.56. The first-order valence-corrected chi connectivity index (χ1v) is 6.23. The number of amides is 1. The molecule has 1 aliphatic rings. The molecular formula is C12H24N2O2. The highest BCUT2D eigenvalue weighted by Gasteiger charge is 2.32. The number of nitrogens with zero attached hydrogens (tertiary/aromatic N) is 1. The Labute approximate surface area is 98.1 Å². The molecule has 0 saturated heterocycles. The highest BCUT2D eigenvalue weighted by Crippen LogP contribution is 2.27. The number of carbonyl (C=O) groups is 1. The van der Waals surface area contributed by atoms with Crippen molar-refractivity contribution in [3.05, 3.63) is 0 Å². The standard InChI is InChI=1S/C12H24N2O2/c1-3-4-10(13)9-12(15)14(7-8-16-2)11-5-6-11/h10-11H,3-9,13H2,1-2H3.